The fourth-order valence-electron chi connectivity index (χ4n) is 1.59. The van der Waals surface area contributed by atoms with Gasteiger partial charge in [0.1, 0.15) is 5.69 Å². The lowest BCUT2D eigenvalue weighted by atomic mass is 10.2. The number of nitrogens with zero attached hydrogens (tertiary/aromatic N) is 3. The molecule has 0 aliphatic rings. The lowest BCUT2D eigenvalue weighted by Gasteiger charge is -2.35. The zero-order valence-electron chi connectivity index (χ0n) is 13.4. The number of nitrogen functional groups attached to an aromatic ring is 1. The van der Waals surface area contributed by atoms with Gasteiger partial charge in [-0.1, -0.05) is 26.0 Å². The van der Waals surface area contributed by atoms with E-state index in [1.54, 1.807) is 4.68 Å². The summed E-state index contributed by atoms with van der Waals surface area (Å²) in [5.74, 6) is 0. The van der Waals surface area contributed by atoms with E-state index in [-0.39, 0.29) is 5.04 Å². The van der Waals surface area contributed by atoms with E-state index in [0.717, 1.165) is 17.1 Å². The molecule has 114 valence electrons. The second-order valence-corrected chi connectivity index (χ2v) is 11.6. The Hall–Kier alpha value is -1.66. The van der Waals surface area contributed by atoms with Crippen molar-refractivity contribution >= 4 is 14.0 Å². The summed E-state index contributed by atoms with van der Waals surface area (Å²) in [7, 11) is -1.76. The Balaban J connectivity index is 2.06. The largest absolute Gasteiger partial charge is 0.411 e. The molecule has 6 heteroatoms. The molecule has 0 saturated heterocycles. The molecule has 1 heterocycles. The molecule has 2 N–H and O–H groups in total. The first-order chi connectivity index (χ1) is 9.69. The first-order valence-electron chi connectivity index (χ1n) is 7.10. The first kappa shape index (κ1) is 15.7. The molecular formula is C15H24N4OSi. The van der Waals surface area contributed by atoms with Crippen LogP contribution in [-0.4, -0.2) is 23.3 Å². The molecule has 2 rings (SSSR count). The van der Waals surface area contributed by atoms with Gasteiger partial charge in [-0.15, -0.1) is 5.10 Å². The summed E-state index contributed by atoms with van der Waals surface area (Å²) in [6, 6.07) is 7.54. The second-order valence-electron chi connectivity index (χ2n) is 6.79. The molecule has 0 atom stereocenters. The van der Waals surface area contributed by atoms with Crippen molar-refractivity contribution in [2.75, 3.05) is 5.73 Å². The second kappa shape index (κ2) is 5.61. The smallest absolute Gasteiger partial charge is 0.192 e. The monoisotopic (exact) mass is 304 g/mol. The number of hydrogen-bond acceptors (Lipinski definition) is 4. The predicted molar refractivity (Wildman–Crippen MR) is 87.8 cm³/mol. The molecule has 0 amide bonds. The van der Waals surface area contributed by atoms with Gasteiger partial charge in [0.2, 0.25) is 0 Å². The average molecular weight is 304 g/mol. The zero-order chi connectivity index (χ0) is 15.7. The Morgan fingerprint density at radius 3 is 2.38 bits per heavy atom. The van der Waals surface area contributed by atoms with E-state index < -0.39 is 8.32 Å². The average Bonchev–Trinajstić information content (AvgIpc) is 2.85. The number of benzene rings is 1. The quantitative estimate of drug-likeness (QED) is 0.694. The Bertz CT molecular complexity index is 599. The van der Waals surface area contributed by atoms with Crippen LogP contribution in [0.5, 0.6) is 0 Å². The highest BCUT2D eigenvalue weighted by Crippen LogP contribution is 2.36. The third-order valence-electron chi connectivity index (χ3n) is 4.09. The van der Waals surface area contributed by atoms with Crippen LogP contribution < -0.4 is 5.73 Å². The van der Waals surface area contributed by atoms with Gasteiger partial charge in [-0.2, -0.15) is 0 Å². The summed E-state index contributed by atoms with van der Waals surface area (Å²) in [5.41, 5.74) is 8.21. The number of rotatable bonds is 4. The minimum absolute atomic E-state index is 0.194. The Morgan fingerprint density at radius 1 is 1.19 bits per heavy atom. The van der Waals surface area contributed by atoms with Crippen molar-refractivity contribution in [1.29, 1.82) is 0 Å². The van der Waals surface area contributed by atoms with Crippen LogP contribution in [0, 0.1) is 0 Å². The van der Waals surface area contributed by atoms with Crippen molar-refractivity contribution in [2.24, 2.45) is 0 Å². The lowest BCUT2D eigenvalue weighted by Crippen LogP contribution is -2.40. The maximum Gasteiger partial charge on any atom is 0.192 e. The third-order valence-corrected chi connectivity index (χ3v) is 8.56. The van der Waals surface area contributed by atoms with Gasteiger partial charge in [-0.25, -0.2) is 4.68 Å². The molecule has 0 unspecified atom stereocenters. The highest BCUT2D eigenvalue weighted by molar-refractivity contribution is 6.74. The van der Waals surface area contributed by atoms with Gasteiger partial charge in [0.05, 0.1) is 18.5 Å². The van der Waals surface area contributed by atoms with Gasteiger partial charge in [0, 0.05) is 5.69 Å². The molecule has 0 radical (unpaired) electrons. The zero-order valence-corrected chi connectivity index (χ0v) is 14.4. The fraction of sp³-hybridized carbons (Fsp3) is 0.467. The van der Waals surface area contributed by atoms with Crippen molar-refractivity contribution in [3.63, 3.8) is 0 Å². The van der Waals surface area contributed by atoms with Crippen LogP contribution in [-0.2, 0) is 11.0 Å². The summed E-state index contributed by atoms with van der Waals surface area (Å²) in [6.07, 6.45) is 1.90. The molecule has 2 aromatic rings. The van der Waals surface area contributed by atoms with Crippen LogP contribution in [0.4, 0.5) is 5.69 Å². The number of hydrogen-bond donors (Lipinski definition) is 1. The summed E-state index contributed by atoms with van der Waals surface area (Å²) in [6.45, 7) is 11.7. The van der Waals surface area contributed by atoms with Gasteiger partial charge in [0.25, 0.3) is 0 Å². The van der Waals surface area contributed by atoms with Crippen LogP contribution in [0.25, 0.3) is 5.69 Å². The fourth-order valence-corrected chi connectivity index (χ4v) is 2.53. The Morgan fingerprint density at radius 2 is 1.81 bits per heavy atom. The van der Waals surface area contributed by atoms with E-state index in [4.69, 9.17) is 10.2 Å². The maximum atomic E-state index is 6.15. The van der Waals surface area contributed by atoms with E-state index in [1.807, 2.05) is 30.5 Å². The van der Waals surface area contributed by atoms with E-state index >= 15 is 0 Å². The van der Waals surface area contributed by atoms with Crippen LogP contribution in [0.2, 0.25) is 18.1 Å². The van der Waals surface area contributed by atoms with Crippen LogP contribution in [0.3, 0.4) is 0 Å². The SMILES string of the molecule is CC(C)(C)[Si](C)(C)OCc1cn(-c2ccc(N)cc2)nn1. The van der Waals surface area contributed by atoms with Gasteiger partial charge >= 0.3 is 0 Å². The topological polar surface area (TPSA) is 66.0 Å². The van der Waals surface area contributed by atoms with Gasteiger partial charge in [0.15, 0.2) is 8.32 Å². The van der Waals surface area contributed by atoms with Crippen molar-refractivity contribution in [3.05, 3.63) is 36.2 Å². The van der Waals surface area contributed by atoms with Gasteiger partial charge < -0.3 is 10.2 Å². The molecule has 0 spiro atoms. The van der Waals surface area contributed by atoms with E-state index in [9.17, 15) is 0 Å². The maximum absolute atomic E-state index is 6.15. The lowest BCUT2D eigenvalue weighted by molar-refractivity contribution is 0.272. The number of aromatic nitrogens is 3. The van der Waals surface area contributed by atoms with E-state index in [0.29, 0.717) is 6.61 Å². The molecule has 21 heavy (non-hydrogen) atoms. The van der Waals surface area contributed by atoms with Gasteiger partial charge in [-0.3, -0.25) is 0 Å². The first-order valence-corrected chi connectivity index (χ1v) is 10.0. The highest BCUT2D eigenvalue weighted by Gasteiger charge is 2.37. The number of nitrogens with two attached hydrogens (primary N) is 1. The van der Waals surface area contributed by atoms with Gasteiger partial charge in [-0.05, 0) is 42.4 Å². The molecule has 1 aromatic heterocycles. The number of anilines is 1. The summed E-state index contributed by atoms with van der Waals surface area (Å²) in [4.78, 5) is 0. The Labute approximate surface area is 127 Å². The van der Waals surface area contributed by atoms with E-state index in [2.05, 4.69) is 44.2 Å². The molecule has 1 aromatic carbocycles. The Kier molecular flexibility index (Phi) is 4.20. The molecule has 5 nitrogen and oxygen atoms in total. The third kappa shape index (κ3) is 3.71. The standard InChI is InChI=1S/C15H24N4OSi/c1-15(2,3)21(4,5)20-11-13-10-19(18-17-13)14-8-6-12(16)7-9-14/h6-10H,11,16H2,1-5H3. The molecule has 0 aliphatic carbocycles. The highest BCUT2D eigenvalue weighted by atomic mass is 28.4. The van der Waals surface area contributed by atoms with Crippen molar-refractivity contribution < 1.29 is 4.43 Å². The molecular weight excluding hydrogens is 280 g/mol. The van der Waals surface area contributed by atoms with Crippen molar-refractivity contribution in [2.45, 2.75) is 45.5 Å². The molecule has 0 aliphatic heterocycles. The summed E-state index contributed by atoms with van der Waals surface area (Å²) < 4.78 is 7.89. The molecule has 0 fully saturated rings. The molecule has 0 saturated carbocycles. The summed E-state index contributed by atoms with van der Waals surface area (Å²) >= 11 is 0. The van der Waals surface area contributed by atoms with Crippen molar-refractivity contribution in [3.8, 4) is 5.69 Å². The van der Waals surface area contributed by atoms with Crippen LogP contribution in [0.1, 0.15) is 26.5 Å². The minimum Gasteiger partial charge on any atom is -0.411 e. The van der Waals surface area contributed by atoms with Crippen LogP contribution in [0.15, 0.2) is 30.5 Å². The predicted octanol–water partition coefficient (Wildman–Crippen LogP) is 3.37. The van der Waals surface area contributed by atoms with Crippen LogP contribution >= 0.6 is 0 Å². The minimum atomic E-state index is -1.76. The summed E-state index contributed by atoms with van der Waals surface area (Å²) in [5, 5.41) is 8.51. The molecule has 0 bridgehead atoms. The van der Waals surface area contributed by atoms with Crippen molar-refractivity contribution in [1.82, 2.24) is 15.0 Å². The van der Waals surface area contributed by atoms with E-state index in [1.165, 1.54) is 0 Å². The normalized spacial score (nSPS) is 12.6.